The first-order valence-corrected chi connectivity index (χ1v) is 11.6. The SMILES string of the molecule is CC(C(=O)Nc1cc(C(=O)NC(N)c2ccc(CCCC(=O)O)cc2)ccc1C=O)c1ccccc1. The summed E-state index contributed by atoms with van der Waals surface area (Å²) in [7, 11) is 0. The molecule has 8 heteroatoms. The van der Waals surface area contributed by atoms with Crippen LogP contribution in [-0.4, -0.2) is 29.2 Å². The Morgan fingerprint density at radius 1 is 0.972 bits per heavy atom. The normalized spacial score (nSPS) is 12.3. The highest BCUT2D eigenvalue weighted by Gasteiger charge is 2.18. The van der Waals surface area contributed by atoms with Gasteiger partial charge in [-0.25, -0.2) is 0 Å². The Balaban J connectivity index is 1.66. The molecule has 3 rings (SSSR count). The maximum absolute atomic E-state index is 12.8. The summed E-state index contributed by atoms with van der Waals surface area (Å²) < 4.78 is 0. The number of benzene rings is 3. The van der Waals surface area contributed by atoms with Crippen molar-refractivity contribution in [3.05, 3.63) is 101 Å². The lowest BCUT2D eigenvalue weighted by molar-refractivity contribution is -0.137. The number of carboxylic acid groups (broad SMARTS) is 1. The molecule has 8 nitrogen and oxygen atoms in total. The number of hydrogen-bond acceptors (Lipinski definition) is 5. The van der Waals surface area contributed by atoms with Crippen LogP contribution in [0.5, 0.6) is 0 Å². The summed E-state index contributed by atoms with van der Waals surface area (Å²) in [6, 6.07) is 20.9. The van der Waals surface area contributed by atoms with Crippen molar-refractivity contribution in [2.24, 2.45) is 5.73 Å². The van der Waals surface area contributed by atoms with Gasteiger partial charge in [-0.05, 0) is 54.7 Å². The van der Waals surface area contributed by atoms with Gasteiger partial charge in [-0.15, -0.1) is 0 Å². The highest BCUT2D eigenvalue weighted by atomic mass is 16.4. The molecule has 0 fully saturated rings. The number of nitrogens with two attached hydrogens (primary N) is 1. The molecule has 0 aliphatic rings. The van der Waals surface area contributed by atoms with Crippen LogP contribution in [0.1, 0.15) is 69.3 Å². The van der Waals surface area contributed by atoms with Crippen LogP contribution in [0.15, 0.2) is 72.8 Å². The van der Waals surface area contributed by atoms with Gasteiger partial charge >= 0.3 is 5.97 Å². The second kappa shape index (κ2) is 12.4. The van der Waals surface area contributed by atoms with Gasteiger partial charge in [-0.2, -0.15) is 0 Å². The second-order valence-electron chi connectivity index (χ2n) is 8.48. The lowest BCUT2D eigenvalue weighted by Crippen LogP contribution is -2.34. The average molecular weight is 488 g/mol. The van der Waals surface area contributed by atoms with Crippen molar-refractivity contribution in [2.75, 3.05) is 5.32 Å². The number of carbonyl (C=O) groups is 4. The van der Waals surface area contributed by atoms with Gasteiger partial charge in [0.05, 0.1) is 11.6 Å². The summed E-state index contributed by atoms with van der Waals surface area (Å²) >= 11 is 0. The lowest BCUT2D eigenvalue weighted by Gasteiger charge is -2.17. The maximum Gasteiger partial charge on any atom is 0.303 e. The molecule has 3 aromatic rings. The summed E-state index contributed by atoms with van der Waals surface area (Å²) in [5.41, 5.74) is 9.39. The fraction of sp³-hybridized carbons (Fsp3) is 0.214. The zero-order valence-electron chi connectivity index (χ0n) is 19.9. The molecule has 0 heterocycles. The minimum absolute atomic E-state index is 0.105. The van der Waals surface area contributed by atoms with Crippen LogP contribution in [0.2, 0.25) is 0 Å². The molecule has 0 spiro atoms. The van der Waals surface area contributed by atoms with Gasteiger partial charge in [0.25, 0.3) is 5.91 Å². The molecular weight excluding hydrogens is 458 g/mol. The fourth-order valence-corrected chi connectivity index (χ4v) is 3.69. The Morgan fingerprint density at radius 3 is 2.31 bits per heavy atom. The largest absolute Gasteiger partial charge is 0.481 e. The standard InChI is InChI=1S/C28H29N3O5/c1-18(20-7-3-2-4-8-20)27(35)30-24-16-22(14-15-23(24)17-32)28(36)31-26(29)21-12-10-19(11-13-21)6-5-9-25(33)34/h2-4,7-8,10-18,26H,5-6,9,29H2,1H3,(H,30,35)(H,31,36)(H,33,34). The van der Waals surface area contributed by atoms with Crippen molar-refractivity contribution < 1.29 is 24.3 Å². The summed E-state index contributed by atoms with van der Waals surface area (Å²) in [4.78, 5) is 47.8. The molecular formula is C28H29N3O5. The van der Waals surface area contributed by atoms with Crippen LogP contribution in [0.25, 0.3) is 0 Å². The van der Waals surface area contributed by atoms with Gasteiger partial charge in [0, 0.05) is 17.5 Å². The Morgan fingerprint density at radius 2 is 1.67 bits per heavy atom. The fourth-order valence-electron chi connectivity index (χ4n) is 3.69. The molecule has 3 aromatic carbocycles. The molecule has 5 N–H and O–H groups in total. The number of carboxylic acids is 1. The highest BCUT2D eigenvalue weighted by Crippen LogP contribution is 2.22. The molecule has 2 unspecified atom stereocenters. The molecule has 186 valence electrons. The van der Waals surface area contributed by atoms with Crippen molar-refractivity contribution in [3.63, 3.8) is 0 Å². The third kappa shape index (κ3) is 7.10. The van der Waals surface area contributed by atoms with E-state index >= 15 is 0 Å². The minimum atomic E-state index is -0.828. The van der Waals surface area contributed by atoms with E-state index < -0.39 is 24.0 Å². The van der Waals surface area contributed by atoms with E-state index in [1.165, 1.54) is 18.2 Å². The average Bonchev–Trinajstić information content (AvgIpc) is 2.88. The molecule has 0 aliphatic carbocycles. The second-order valence-corrected chi connectivity index (χ2v) is 8.48. The lowest BCUT2D eigenvalue weighted by atomic mass is 10.00. The third-order valence-corrected chi connectivity index (χ3v) is 5.87. The number of anilines is 1. The van der Waals surface area contributed by atoms with E-state index in [-0.39, 0.29) is 29.1 Å². The van der Waals surface area contributed by atoms with Gasteiger partial charge in [-0.3, -0.25) is 19.2 Å². The molecule has 2 amide bonds. The Bertz CT molecular complexity index is 1230. The molecule has 0 saturated heterocycles. The number of aryl methyl sites for hydroxylation is 1. The quantitative estimate of drug-likeness (QED) is 0.238. The van der Waals surface area contributed by atoms with Gasteiger partial charge < -0.3 is 21.5 Å². The molecule has 0 saturated carbocycles. The summed E-state index contributed by atoms with van der Waals surface area (Å²) in [5.74, 6) is -2.05. The van der Waals surface area contributed by atoms with E-state index in [1.54, 1.807) is 19.1 Å². The molecule has 36 heavy (non-hydrogen) atoms. The number of rotatable bonds is 11. The monoisotopic (exact) mass is 487 g/mol. The van der Waals surface area contributed by atoms with Crippen molar-refractivity contribution >= 4 is 29.8 Å². The van der Waals surface area contributed by atoms with Crippen LogP contribution in [0, 0.1) is 0 Å². The van der Waals surface area contributed by atoms with Crippen LogP contribution in [0.4, 0.5) is 5.69 Å². The molecule has 0 aromatic heterocycles. The molecule has 0 radical (unpaired) electrons. The predicted molar refractivity (Wildman–Crippen MR) is 137 cm³/mol. The topological polar surface area (TPSA) is 139 Å². The number of aldehydes is 1. The zero-order valence-corrected chi connectivity index (χ0v) is 19.9. The molecule has 0 bridgehead atoms. The van der Waals surface area contributed by atoms with Crippen molar-refractivity contribution in [1.82, 2.24) is 5.32 Å². The molecule has 0 aliphatic heterocycles. The maximum atomic E-state index is 12.8. The first kappa shape index (κ1) is 26.3. The van der Waals surface area contributed by atoms with E-state index in [1.807, 2.05) is 42.5 Å². The van der Waals surface area contributed by atoms with E-state index in [0.717, 1.165) is 11.1 Å². The Labute approximate surface area is 209 Å². The van der Waals surface area contributed by atoms with E-state index in [9.17, 15) is 19.2 Å². The number of aliphatic carboxylic acids is 1. The Hall–Kier alpha value is -4.30. The number of hydrogen-bond donors (Lipinski definition) is 4. The predicted octanol–water partition coefficient (Wildman–Crippen LogP) is 4.04. The number of nitrogens with one attached hydrogen (secondary N) is 2. The Kier molecular flexibility index (Phi) is 9.07. The van der Waals surface area contributed by atoms with E-state index in [2.05, 4.69) is 10.6 Å². The van der Waals surface area contributed by atoms with Crippen LogP contribution < -0.4 is 16.4 Å². The zero-order chi connectivity index (χ0) is 26.1. The van der Waals surface area contributed by atoms with Crippen LogP contribution in [-0.2, 0) is 16.0 Å². The van der Waals surface area contributed by atoms with Crippen LogP contribution >= 0.6 is 0 Å². The van der Waals surface area contributed by atoms with Crippen molar-refractivity contribution in [3.8, 4) is 0 Å². The summed E-state index contributed by atoms with van der Waals surface area (Å²) in [6.45, 7) is 1.76. The van der Waals surface area contributed by atoms with Gasteiger partial charge in [-0.1, -0.05) is 54.6 Å². The van der Waals surface area contributed by atoms with E-state index in [4.69, 9.17) is 10.8 Å². The first-order chi connectivity index (χ1) is 17.3. The number of amides is 2. The van der Waals surface area contributed by atoms with Gasteiger partial charge in [0.2, 0.25) is 5.91 Å². The van der Waals surface area contributed by atoms with Crippen molar-refractivity contribution in [1.29, 1.82) is 0 Å². The first-order valence-electron chi connectivity index (χ1n) is 11.6. The van der Waals surface area contributed by atoms with Gasteiger partial charge in [0.1, 0.15) is 6.17 Å². The summed E-state index contributed by atoms with van der Waals surface area (Å²) in [5, 5.41) is 14.2. The summed E-state index contributed by atoms with van der Waals surface area (Å²) in [6.07, 6.45) is 1.11. The van der Waals surface area contributed by atoms with Gasteiger partial charge in [0.15, 0.2) is 6.29 Å². The van der Waals surface area contributed by atoms with Crippen LogP contribution in [0.3, 0.4) is 0 Å². The van der Waals surface area contributed by atoms with Crippen molar-refractivity contribution in [2.45, 2.75) is 38.3 Å². The van der Waals surface area contributed by atoms with E-state index in [0.29, 0.717) is 24.7 Å². The minimum Gasteiger partial charge on any atom is -0.481 e. The smallest absolute Gasteiger partial charge is 0.303 e. The number of carbonyl (C=O) groups excluding carboxylic acids is 3. The third-order valence-electron chi connectivity index (χ3n) is 5.87. The highest BCUT2D eigenvalue weighted by molar-refractivity contribution is 6.02. The molecule has 2 atom stereocenters.